The Bertz CT molecular complexity index is 1040. The number of hydrogen-bond acceptors (Lipinski definition) is 5. The molecule has 154 valence electrons. The van der Waals surface area contributed by atoms with E-state index in [0.717, 1.165) is 74.0 Å². The Morgan fingerprint density at radius 1 is 0.900 bits per heavy atom. The van der Waals surface area contributed by atoms with Crippen molar-refractivity contribution in [3.05, 3.63) is 54.0 Å². The minimum atomic E-state index is -0.130. The molecule has 0 unspecified atom stereocenters. The van der Waals surface area contributed by atoms with Gasteiger partial charge in [-0.15, -0.1) is 10.2 Å². The molecule has 1 fully saturated rings. The molecule has 0 saturated carbocycles. The van der Waals surface area contributed by atoms with Crippen molar-refractivity contribution in [3.8, 4) is 11.4 Å². The van der Waals surface area contributed by atoms with E-state index >= 15 is 0 Å². The van der Waals surface area contributed by atoms with Crippen molar-refractivity contribution < 1.29 is 4.79 Å². The van der Waals surface area contributed by atoms with Gasteiger partial charge in [-0.3, -0.25) is 4.79 Å². The highest BCUT2D eigenvalue weighted by Gasteiger charge is 2.21. The molecule has 2 aliphatic rings. The van der Waals surface area contributed by atoms with Gasteiger partial charge in [0, 0.05) is 43.5 Å². The van der Waals surface area contributed by atoms with Gasteiger partial charge in [-0.1, -0.05) is 6.42 Å². The molecule has 3 aromatic rings. The van der Waals surface area contributed by atoms with Crippen LogP contribution in [0.3, 0.4) is 0 Å². The monoisotopic (exact) mass is 402 g/mol. The lowest BCUT2D eigenvalue weighted by Crippen LogP contribution is -2.24. The molecule has 5 rings (SSSR count). The van der Waals surface area contributed by atoms with Gasteiger partial charge in [0.15, 0.2) is 5.82 Å². The van der Waals surface area contributed by atoms with Gasteiger partial charge in [0.1, 0.15) is 11.6 Å². The Kier molecular flexibility index (Phi) is 5.17. The molecule has 2 aliphatic heterocycles. The number of aryl methyl sites for hydroxylation is 1. The Hall–Kier alpha value is -3.22. The molecular weight excluding hydrogens is 376 g/mol. The number of carbonyl (C=O) groups is 1. The van der Waals surface area contributed by atoms with Crippen LogP contribution in [0.4, 0.5) is 11.5 Å². The lowest BCUT2D eigenvalue weighted by molar-refractivity contribution is 0.102. The van der Waals surface area contributed by atoms with Crippen molar-refractivity contribution in [2.24, 2.45) is 0 Å². The number of carbonyl (C=O) groups excluding carboxylic acids is 1. The summed E-state index contributed by atoms with van der Waals surface area (Å²) >= 11 is 0. The second kappa shape index (κ2) is 8.26. The second-order valence-electron chi connectivity index (χ2n) is 8.00. The van der Waals surface area contributed by atoms with E-state index in [2.05, 4.69) is 30.0 Å². The predicted octanol–water partition coefficient (Wildman–Crippen LogP) is 3.92. The molecule has 0 aliphatic carbocycles. The van der Waals surface area contributed by atoms with Crippen molar-refractivity contribution in [1.29, 1.82) is 0 Å². The van der Waals surface area contributed by atoms with E-state index < -0.39 is 0 Å². The number of hydrogen-bond donors (Lipinski definition) is 1. The number of nitrogens with one attached hydrogen (secondary N) is 1. The van der Waals surface area contributed by atoms with Crippen LogP contribution in [-0.2, 0) is 13.0 Å². The molecular formula is C23H26N6O. The summed E-state index contributed by atoms with van der Waals surface area (Å²) < 4.78 is 2.23. The van der Waals surface area contributed by atoms with Gasteiger partial charge in [-0.2, -0.15) is 0 Å². The van der Waals surface area contributed by atoms with Crippen molar-refractivity contribution in [2.75, 3.05) is 23.3 Å². The first-order valence-corrected chi connectivity index (χ1v) is 10.8. The summed E-state index contributed by atoms with van der Waals surface area (Å²) in [5.74, 6) is 2.63. The van der Waals surface area contributed by atoms with Crippen LogP contribution in [0.25, 0.3) is 11.4 Å². The molecule has 1 N–H and O–H groups in total. The van der Waals surface area contributed by atoms with Crippen LogP contribution in [0, 0.1) is 0 Å². The van der Waals surface area contributed by atoms with E-state index in [0.29, 0.717) is 5.56 Å². The standard InChI is InChI=1S/C23H26N6O/c30-23(19-7-6-13-24-22(19)28-14-4-5-15-28)25-18-11-9-17(10-12-18)21-27-26-20-8-2-1-3-16-29(20)21/h6-7,9-13H,1-5,8,14-16H2,(H,25,30). The van der Waals surface area contributed by atoms with Crippen LogP contribution in [-0.4, -0.2) is 38.7 Å². The van der Waals surface area contributed by atoms with Gasteiger partial charge >= 0.3 is 0 Å². The molecule has 7 nitrogen and oxygen atoms in total. The van der Waals surface area contributed by atoms with Crippen LogP contribution < -0.4 is 10.2 Å². The molecule has 30 heavy (non-hydrogen) atoms. The number of benzene rings is 1. The number of amides is 1. The second-order valence-corrected chi connectivity index (χ2v) is 8.00. The van der Waals surface area contributed by atoms with Crippen LogP contribution >= 0.6 is 0 Å². The predicted molar refractivity (Wildman–Crippen MR) is 117 cm³/mol. The number of aromatic nitrogens is 4. The first-order valence-electron chi connectivity index (χ1n) is 10.8. The topological polar surface area (TPSA) is 75.9 Å². The fourth-order valence-electron chi connectivity index (χ4n) is 4.35. The number of anilines is 2. The van der Waals surface area contributed by atoms with Gasteiger partial charge in [0.25, 0.3) is 5.91 Å². The van der Waals surface area contributed by atoms with Crippen molar-refractivity contribution in [3.63, 3.8) is 0 Å². The maximum absolute atomic E-state index is 12.9. The third-order valence-electron chi connectivity index (χ3n) is 5.95. The van der Waals surface area contributed by atoms with E-state index in [-0.39, 0.29) is 5.91 Å². The zero-order valence-corrected chi connectivity index (χ0v) is 17.0. The third-order valence-corrected chi connectivity index (χ3v) is 5.95. The largest absolute Gasteiger partial charge is 0.356 e. The van der Waals surface area contributed by atoms with Gasteiger partial charge in [0.2, 0.25) is 0 Å². The van der Waals surface area contributed by atoms with Gasteiger partial charge in [-0.25, -0.2) is 4.98 Å². The number of fused-ring (bicyclic) bond motifs is 1. The van der Waals surface area contributed by atoms with E-state index in [1.54, 1.807) is 6.20 Å². The fraction of sp³-hybridized carbons (Fsp3) is 0.391. The van der Waals surface area contributed by atoms with Gasteiger partial charge in [-0.05, 0) is 62.1 Å². The fourth-order valence-corrected chi connectivity index (χ4v) is 4.35. The first-order chi connectivity index (χ1) is 14.8. The van der Waals surface area contributed by atoms with Gasteiger partial charge in [0.05, 0.1) is 5.56 Å². The SMILES string of the molecule is O=C(Nc1ccc(-c2nnc3n2CCCCC3)cc1)c1cccnc1N1CCCC1. The lowest BCUT2D eigenvalue weighted by Gasteiger charge is -2.19. The van der Waals surface area contributed by atoms with Crippen molar-refractivity contribution >= 4 is 17.4 Å². The summed E-state index contributed by atoms with van der Waals surface area (Å²) in [6.45, 7) is 2.87. The number of rotatable bonds is 4. The third kappa shape index (κ3) is 3.67. The highest BCUT2D eigenvalue weighted by Crippen LogP contribution is 2.26. The van der Waals surface area contributed by atoms with E-state index in [9.17, 15) is 4.79 Å². The first kappa shape index (κ1) is 18.8. The maximum atomic E-state index is 12.9. The Morgan fingerprint density at radius 3 is 2.53 bits per heavy atom. The average Bonchev–Trinajstić information content (AvgIpc) is 3.40. The summed E-state index contributed by atoms with van der Waals surface area (Å²) in [5.41, 5.74) is 2.40. The highest BCUT2D eigenvalue weighted by atomic mass is 16.1. The van der Waals surface area contributed by atoms with Crippen LogP contribution in [0.15, 0.2) is 42.6 Å². The van der Waals surface area contributed by atoms with E-state index in [1.807, 2.05) is 36.4 Å². The normalized spacial score (nSPS) is 16.2. The summed E-state index contributed by atoms with van der Waals surface area (Å²) in [6, 6.07) is 11.5. The molecule has 1 saturated heterocycles. The summed E-state index contributed by atoms with van der Waals surface area (Å²) in [4.78, 5) is 19.6. The molecule has 7 heteroatoms. The van der Waals surface area contributed by atoms with Crippen LogP contribution in [0.2, 0.25) is 0 Å². The molecule has 4 heterocycles. The lowest BCUT2D eigenvalue weighted by atomic mass is 10.1. The minimum Gasteiger partial charge on any atom is -0.356 e. The Labute approximate surface area is 176 Å². The number of nitrogens with zero attached hydrogens (tertiary/aromatic N) is 5. The van der Waals surface area contributed by atoms with Crippen LogP contribution in [0.1, 0.15) is 48.3 Å². The molecule has 0 spiro atoms. The molecule has 0 radical (unpaired) electrons. The van der Waals surface area contributed by atoms with Crippen molar-refractivity contribution in [2.45, 2.75) is 45.1 Å². The smallest absolute Gasteiger partial charge is 0.259 e. The summed E-state index contributed by atoms with van der Waals surface area (Å²) in [7, 11) is 0. The highest BCUT2D eigenvalue weighted by molar-refractivity contribution is 6.07. The minimum absolute atomic E-state index is 0.130. The molecule has 0 atom stereocenters. The van der Waals surface area contributed by atoms with E-state index in [4.69, 9.17) is 0 Å². The maximum Gasteiger partial charge on any atom is 0.259 e. The van der Waals surface area contributed by atoms with Crippen LogP contribution in [0.5, 0.6) is 0 Å². The molecule has 1 aromatic carbocycles. The molecule has 2 aromatic heterocycles. The van der Waals surface area contributed by atoms with Gasteiger partial charge < -0.3 is 14.8 Å². The molecule has 1 amide bonds. The number of pyridine rings is 1. The Balaban J connectivity index is 1.34. The van der Waals surface area contributed by atoms with E-state index in [1.165, 1.54) is 12.8 Å². The molecule has 0 bridgehead atoms. The quantitative estimate of drug-likeness (QED) is 0.716. The summed E-state index contributed by atoms with van der Waals surface area (Å²) in [6.07, 6.45) is 8.61. The average molecular weight is 403 g/mol. The summed E-state index contributed by atoms with van der Waals surface area (Å²) in [5, 5.41) is 11.8. The van der Waals surface area contributed by atoms with Crippen molar-refractivity contribution in [1.82, 2.24) is 19.7 Å². The zero-order valence-electron chi connectivity index (χ0n) is 17.0. The zero-order chi connectivity index (χ0) is 20.3. The Morgan fingerprint density at radius 2 is 1.70 bits per heavy atom.